The van der Waals surface area contributed by atoms with E-state index in [0.29, 0.717) is 39.5 Å². The van der Waals surface area contributed by atoms with Crippen molar-refractivity contribution in [3.05, 3.63) is 35.7 Å². The van der Waals surface area contributed by atoms with Gasteiger partial charge in [-0.2, -0.15) is 0 Å². The summed E-state index contributed by atoms with van der Waals surface area (Å²) in [5.41, 5.74) is 0.895. The van der Waals surface area contributed by atoms with Gasteiger partial charge in [0.25, 0.3) is 0 Å². The van der Waals surface area contributed by atoms with Crippen LogP contribution in [0.1, 0.15) is 0 Å². The summed E-state index contributed by atoms with van der Waals surface area (Å²) in [6.45, 7) is 0. The van der Waals surface area contributed by atoms with Gasteiger partial charge >= 0.3 is 0 Å². The molecule has 0 bridgehead atoms. The lowest BCUT2D eigenvalue weighted by molar-refractivity contribution is 0.355. The molecule has 0 amide bonds. The monoisotopic (exact) mass is 357 g/mol. The van der Waals surface area contributed by atoms with Crippen LogP contribution in [0.4, 0.5) is 0 Å². The Kier molecular flexibility index (Phi) is 4.62. The minimum atomic E-state index is -0.298. The average molecular weight is 357 g/mol. The molecule has 0 radical (unpaired) electrons. The van der Waals surface area contributed by atoms with Crippen molar-refractivity contribution in [1.82, 2.24) is 0 Å². The zero-order chi connectivity index (χ0) is 18.8. The Morgan fingerprint density at radius 2 is 1.54 bits per heavy atom. The van der Waals surface area contributed by atoms with Crippen LogP contribution in [-0.4, -0.2) is 33.5 Å². The van der Waals surface area contributed by atoms with Crippen LogP contribution in [0.15, 0.2) is 34.7 Å². The van der Waals surface area contributed by atoms with Crippen molar-refractivity contribution >= 4 is 11.0 Å². The van der Waals surface area contributed by atoms with E-state index < -0.39 is 0 Å². The lowest BCUT2D eigenvalue weighted by Crippen LogP contribution is -2.05. The summed E-state index contributed by atoms with van der Waals surface area (Å²) in [4.78, 5) is 0. The molecular formula is C19H19NO6. The molecule has 0 fully saturated rings. The molecule has 26 heavy (non-hydrogen) atoms. The Morgan fingerprint density at radius 1 is 0.846 bits per heavy atom. The topological polar surface area (TPSA) is 94.1 Å². The Hall–Kier alpha value is -3.35. The van der Waals surface area contributed by atoms with Crippen LogP contribution in [-0.2, 0) is 0 Å². The van der Waals surface area contributed by atoms with Gasteiger partial charge in [-0.25, -0.2) is 0 Å². The zero-order valence-electron chi connectivity index (χ0n) is 14.9. The lowest BCUT2D eigenvalue weighted by Gasteiger charge is -2.13. The van der Waals surface area contributed by atoms with E-state index >= 15 is 0 Å². The van der Waals surface area contributed by atoms with Crippen LogP contribution in [0.3, 0.4) is 0 Å². The van der Waals surface area contributed by atoms with Gasteiger partial charge < -0.3 is 28.5 Å². The van der Waals surface area contributed by atoms with E-state index in [9.17, 15) is 5.11 Å². The van der Waals surface area contributed by atoms with Gasteiger partial charge in [-0.05, 0) is 18.2 Å². The van der Waals surface area contributed by atoms with Crippen LogP contribution in [0.5, 0.6) is 28.7 Å². The molecule has 2 aromatic carbocycles. The van der Waals surface area contributed by atoms with Crippen LogP contribution in [0, 0.1) is 5.41 Å². The molecule has 0 saturated heterocycles. The molecule has 3 aromatic rings. The summed E-state index contributed by atoms with van der Waals surface area (Å²) in [6, 6.07) is 8.34. The lowest BCUT2D eigenvalue weighted by atomic mass is 10.1. The van der Waals surface area contributed by atoms with Gasteiger partial charge in [0, 0.05) is 17.7 Å². The number of hydrogen-bond donors (Lipinski definition) is 2. The summed E-state index contributed by atoms with van der Waals surface area (Å²) in [5.74, 6) is 1.76. The van der Waals surface area contributed by atoms with Crippen LogP contribution in [0.25, 0.3) is 22.3 Å². The molecule has 136 valence electrons. The van der Waals surface area contributed by atoms with E-state index in [1.54, 1.807) is 30.3 Å². The maximum Gasteiger partial charge on any atom is 0.185 e. The van der Waals surface area contributed by atoms with Crippen LogP contribution >= 0.6 is 0 Å². The number of methoxy groups -OCH3 is 4. The second-order valence-electron chi connectivity index (χ2n) is 5.43. The van der Waals surface area contributed by atoms with Crippen molar-refractivity contribution in [3.8, 4) is 40.1 Å². The highest BCUT2D eigenvalue weighted by Crippen LogP contribution is 2.38. The van der Waals surface area contributed by atoms with E-state index in [1.807, 2.05) is 0 Å². The first-order valence-corrected chi connectivity index (χ1v) is 7.72. The molecular weight excluding hydrogens is 338 g/mol. The van der Waals surface area contributed by atoms with Crippen molar-refractivity contribution in [2.75, 3.05) is 28.4 Å². The molecule has 0 spiro atoms. The largest absolute Gasteiger partial charge is 0.503 e. The van der Waals surface area contributed by atoms with Gasteiger partial charge in [0.2, 0.25) is 0 Å². The molecule has 1 aromatic heterocycles. The second-order valence-corrected chi connectivity index (χ2v) is 5.43. The van der Waals surface area contributed by atoms with Crippen molar-refractivity contribution in [1.29, 1.82) is 5.41 Å². The number of benzene rings is 2. The Morgan fingerprint density at radius 3 is 2.15 bits per heavy atom. The van der Waals surface area contributed by atoms with Gasteiger partial charge in [-0.3, -0.25) is 5.41 Å². The maximum absolute atomic E-state index is 10.5. The predicted molar refractivity (Wildman–Crippen MR) is 95.4 cm³/mol. The third-order valence-corrected chi connectivity index (χ3v) is 4.05. The Labute approximate surface area is 149 Å². The zero-order valence-corrected chi connectivity index (χ0v) is 14.9. The minimum absolute atomic E-state index is 0.101. The quantitative estimate of drug-likeness (QED) is 0.727. The SMILES string of the molecule is COc1cc(OC)c2c(=N)c(O)c(-c3ccc(OC)c(OC)c3)oc2c1. The fourth-order valence-corrected chi connectivity index (χ4v) is 2.73. The molecule has 1 heterocycles. The highest BCUT2D eigenvalue weighted by Gasteiger charge is 2.18. The third-order valence-electron chi connectivity index (χ3n) is 4.05. The fraction of sp³-hybridized carbons (Fsp3) is 0.211. The molecule has 0 unspecified atom stereocenters. The molecule has 3 rings (SSSR count). The summed E-state index contributed by atoms with van der Waals surface area (Å²) < 4.78 is 27.0. The molecule has 7 heteroatoms. The first kappa shape index (κ1) is 17.5. The number of aromatic hydroxyl groups is 1. The summed E-state index contributed by atoms with van der Waals surface area (Å²) in [7, 11) is 6.06. The summed E-state index contributed by atoms with van der Waals surface area (Å²) in [5, 5.41) is 19.1. The van der Waals surface area contributed by atoms with E-state index in [1.165, 1.54) is 28.4 Å². The van der Waals surface area contributed by atoms with Crippen LogP contribution < -0.4 is 24.3 Å². The van der Waals surface area contributed by atoms with E-state index in [4.69, 9.17) is 28.8 Å². The average Bonchev–Trinajstić information content (AvgIpc) is 2.68. The highest BCUT2D eigenvalue weighted by molar-refractivity contribution is 5.88. The first-order valence-electron chi connectivity index (χ1n) is 7.72. The molecule has 0 aliphatic heterocycles. The van der Waals surface area contributed by atoms with Crippen molar-refractivity contribution in [2.45, 2.75) is 0 Å². The van der Waals surface area contributed by atoms with E-state index in [2.05, 4.69) is 0 Å². The van der Waals surface area contributed by atoms with Crippen molar-refractivity contribution in [2.24, 2.45) is 0 Å². The van der Waals surface area contributed by atoms with Crippen LogP contribution in [0.2, 0.25) is 0 Å². The Balaban J connectivity index is 2.31. The van der Waals surface area contributed by atoms with Gasteiger partial charge in [-0.15, -0.1) is 0 Å². The smallest absolute Gasteiger partial charge is 0.185 e. The number of hydrogen-bond acceptors (Lipinski definition) is 7. The Bertz CT molecular complexity index is 1020. The number of rotatable bonds is 5. The summed E-state index contributed by atoms with van der Waals surface area (Å²) >= 11 is 0. The molecule has 0 aliphatic rings. The number of nitrogens with one attached hydrogen (secondary N) is 1. The number of ether oxygens (including phenoxy) is 4. The second kappa shape index (κ2) is 6.87. The molecule has 0 saturated carbocycles. The predicted octanol–water partition coefficient (Wildman–Crippen LogP) is 3.32. The van der Waals surface area contributed by atoms with Gasteiger partial charge in [0.15, 0.2) is 23.0 Å². The standard InChI is InChI=1S/C19H19NO6/c1-22-11-8-14(25-4)16-15(9-11)26-19(18(21)17(16)20)10-5-6-12(23-2)13(7-10)24-3/h5-9,20-21H,1-4H3. The summed E-state index contributed by atoms with van der Waals surface area (Å²) in [6.07, 6.45) is 0. The van der Waals surface area contributed by atoms with Gasteiger partial charge in [0.05, 0.1) is 33.8 Å². The normalized spacial score (nSPS) is 10.6. The van der Waals surface area contributed by atoms with E-state index in [0.717, 1.165) is 0 Å². The number of fused-ring (bicyclic) bond motifs is 1. The molecule has 0 atom stereocenters. The fourth-order valence-electron chi connectivity index (χ4n) is 2.73. The van der Waals surface area contributed by atoms with E-state index in [-0.39, 0.29) is 16.9 Å². The maximum atomic E-state index is 10.5. The van der Waals surface area contributed by atoms with Gasteiger partial charge in [0.1, 0.15) is 22.4 Å². The van der Waals surface area contributed by atoms with Crippen molar-refractivity contribution < 1.29 is 28.5 Å². The first-order chi connectivity index (χ1) is 12.5. The third kappa shape index (κ3) is 2.77. The molecule has 7 nitrogen and oxygen atoms in total. The van der Waals surface area contributed by atoms with Crippen molar-refractivity contribution in [3.63, 3.8) is 0 Å². The molecule has 0 aliphatic carbocycles. The molecule has 2 N–H and O–H groups in total. The van der Waals surface area contributed by atoms with Gasteiger partial charge in [-0.1, -0.05) is 0 Å². The highest BCUT2D eigenvalue weighted by atomic mass is 16.5. The minimum Gasteiger partial charge on any atom is -0.503 e.